The normalized spacial score (nSPS) is 15.3. The molecule has 0 aliphatic carbocycles. The van der Waals surface area contributed by atoms with Gasteiger partial charge >= 0.3 is 0 Å². The van der Waals surface area contributed by atoms with Crippen LogP contribution in [0.5, 0.6) is 0 Å². The zero-order valence-electron chi connectivity index (χ0n) is 18.6. The lowest BCUT2D eigenvalue weighted by Crippen LogP contribution is -2.41. The Hall–Kier alpha value is -2.61. The third-order valence-corrected chi connectivity index (χ3v) is 8.70. The number of rotatable bonds is 7. The second-order valence-corrected chi connectivity index (χ2v) is 11.4. The fourth-order valence-corrected chi connectivity index (χ4v) is 6.48. The molecular weight excluding hydrogens is 452 g/mol. The Morgan fingerprint density at radius 2 is 1.67 bits per heavy atom. The average Bonchev–Trinajstić information content (AvgIpc) is 2.81. The molecule has 0 bridgehead atoms. The van der Waals surface area contributed by atoms with Crippen LogP contribution < -0.4 is 5.32 Å². The number of hydrogen-bond acceptors (Lipinski definition) is 4. The van der Waals surface area contributed by atoms with Crippen LogP contribution in [0.25, 0.3) is 0 Å². The molecule has 5 nitrogen and oxygen atoms in total. The maximum Gasteiger partial charge on any atom is 0.227 e. The topological polar surface area (TPSA) is 66.5 Å². The van der Waals surface area contributed by atoms with Crippen molar-refractivity contribution in [3.63, 3.8) is 0 Å². The maximum absolute atomic E-state index is 13.0. The van der Waals surface area contributed by atoms with Crippen LogP contribution in [0.2, 0.25) is 0 Å². The fraction of sp³-hybridized carbons (Fsp3) is 0.269. The second-order valence-electron chi connectivity index (χ2n) is 8.32. The second kappa shape index (κ2) is 10.5. The molecule has 0 aromatic heterocycles. The van der Waals surface area contributed by atoms with E-state index in [-0.39, 0.29) is 17.6 Å². The highest BCUT2D eigenvalue weighted by Crippen LogP contribution is 2.34. The molecule has 1 aliphatic heterocycles. The molecule has 33 heavy (non-hydrogen) atoms. The van der Waals surface area contributed by atoms with Crippen LogP contribution in [0.4, 0.5) is 5.69 Å². The van der Waals surface area contributed by atoms with Gasteiger partial charge in [0.25, 0.3) is 0 Å². The quantitative estimate of drug-likeness (QED) is 0.497. The van der Waals surface area contributed by atoms with Crippen molar-refractivity contribution in [3.05, 3.63) is 90.0 Å². The van der Waals surface area contributed by atoms with Gasteiger partial charge in [-0.1, -0.05) is 71.9 Å². The summed E-state index contributed by atoms with van der Waals surface area (Å²) < 4.78 is 27.3. The number of benzene rings is 3. The third-order valence-electron chi connectivity index (χ3n) is 5.77. The number of aryl methyl sites for hydroxylation is 1. The van der Waals surface area contributed by atoms with Crippen molar-refractivity contribution in [2.24, 2.45) is 5.92 Å². The van der Waals surface area contributed by atoms with Crippen molar-refractivity contribution in [2.75, 3.05) is 18.4 Å². The van der Waals surface area contributed by atoms with Gasteiger partial charge in [-0.15, -0.1) is 0 Å². The van der Waals surface area contributed by atoms with Crippen LogP contribution in [0.15, 0.2) is 88.7 Å². The standard InChI is InChI=1S/C26H28N2O3S2/c1-20-8-7-9-21(18-20)19-33(30,31)28-16-14-22(15-17-28)26(29)27-24-12-5-6-13-25(24)32-23-10-3-2-4-11-23/h2-13,18,22H,14-17,19H2,1H3,(H,27,29). The number of piperidine rings is 1. The number of carbonyl (C=O) groups excluding carboxylic acids is 1. The van der Waals surface area contributed by atoms with Crippen LogP contribution >= 0.6 is 11.8 Å². The molecule has 7 heteroatoms. The summed E-state index contributed by atoms with van der Waals surface area (Å²) in [5.41, 5.74) is 2.62. The largest absolute Gasteiger partial charge is 0.325 e. The molecule has 0 unspecified atom stereocenters. The van der Waals surface area contributed by atoms with Gasteiger partial charge in [-0.2, -0.15) is 0 Å². The summed E-state index contributed by atoms with van der Waals surface area (Å²) in [5.74, 6) is -0.257. The van der Waals surface area contributed by atoms with Gasteiger partial charge in [0.1, 0.15) is 0 Å². The van der Waals surface area contributed by atoms with Gasteiger partial charge in [0.2, 0.25) is 15.9 Å². The first-order valence-corrected chi connectivity index (χ1v) is 13.5. The summed E-state index contributed by atoms with van der Waals surface area (Å²) in [7, 11) is -3.40. The summed E-state index contributed by atoms with van der Waals surface area (Å²) in [6.07, 6.45) is 1.04. The Balaban J connectivity index is 1.35. The third kappa shape index (κ3) is 6.25. The fourth-order valence-electron chi connectivity index (χ4n) is 4.01. The predicted molar refractivity (Wildman–Crippen MR) is 134 cm³/mol. The number of anilines is 1. The molecule has 1 saturated heterocycles. The van der Waals surface area contributed by atoms with Crippen molar-refractivity contribution in [1.29, 1.82) is 0 Å². The first kappa shape index (κ1) is 23.5. The predicted octanol–water partition coefficient (Wildman–Crippen LogP) is 5.33. The van der Waals surface area contributed by atoms with Gasteiger partial charge in [0.15, 0.2) is 0 Å². The molecule has 0 saturated carbocycles. The van der Waals surface area contributed by atoms with E-state index in [9.17, 15) is 13.2 Å². The molecule has 3 aromatic carbocycles. The Labute approximate surface area is 200 Å². The number of nitrogens with one attached hydrogen (secondary N) is 1. The number of amides is 1. The minimum Gasteiger partial charge on any atom is -0.325 e. The van der Waals surface area contributed by atoms with Crippen molar-refractivity contribution >= 4 is 33.4 Å². The molecule has 0 spiro atoms. The van der Waals surface area contributed by atoms with Gasteiger partial charge in [0, 0.05) is 28.8 Å². The summed E-state index contributed by atoms with van der Waals surface area (Å²) in [4.78, 5) is 15.1. The van der Waals surface area contributed by atoms with E-state index >= 15 is 0 Å². The molecule has 1 aliphatic rings. The minimum atomic E-state index is -3.40. The van der Waals surface area contributed by atoms with E-state index in [2.05, 4.69) is 5.32 Å². The first-order chi connectivity index (χ1) is 15.9. The van der Waals surface area contributed by atoms with Crippen molar-refractivity contribution in [1.82, 2.24) is 4.31 Å². The Morgan fingerprint density at radius 1 is 0.970 bits per heavy atom. The summed E-state index contributed by atoms with van der Waals surface area (Å²) in [5, 5.41) is 3.07. The van der Waals surface area contributed by atoms with Crippen molar-refractivity contribution < 1.29 is 13.2 Å². The van der Waals surface area contributed by atoms with Crippen molar-refractivity contribution in [2.45, 2.75) is 35.3 Å². The molecule has 1 heterocycles. The molecule has 3 aromatic rings. The highest BCUT2D eigenvalue weighted by molar-refractivity contribution is 7.99. The van der Waals surface area contributed by atoms with Crippen LogP contribution in [0.1, 0.15) is 24.0 Å². The van der Waals surface area contributed by atoms with Gasteiger partial charge in [-0.25, -0.2) is 12.7 Å². The molecule has 1 N–H and O–H groups in total. The summed E-state index contributed by atoms with van der Waals surface area (Å²) in [6, 6.07) is 25.4. The number of sulfonamides is 1. The SMILES string of the molecule is Cc1cccc(CS(=O)(=O)N2CCC(C(=O)Nc3ccccc3Sc3ccccc3)CC2)c1. The van der Waals surface area contributed by atoms with E-state index < -0.39 is 10.0 Å². The molecule has 0 radical (unpaired) electrons. The van der Waals surface area contributed by atoms with E-state index in [1.54, 1.807) is 11.8 Å². The lowest BCUT2D eigenvalue weighted by Gasteiger charge is -2.30. The monoisotopic (exact) mass is 480 g/mol. The summed E-state index contributed by atoms with van der Waals surface area (Å²) >= 11 is 1.61. The Morgan fingerprint density at radius 3 is 2.39 bits per heavy atom. The van der Waals surface area contributed by atoms with Crippen LogP contribution in [-0.4, -0.2) is 31.7 Å². The highest BCUT2D eigenvalue weighted by atomic mass is 32.2. The number of hydrogen-bond donors (Lipinski definition) is 1. The van der Waals surface area contributed by atoms with Crippen LogP contribution in [-0.2, 0) is 20.6 Å². The van der Waals surface area contributed by atoms with E-state index in [0.29, 0.717) is 25.9 Å². The van der Waals surface area contributed by atoms with E-state index in [4.69, 9.17) is 0 Å². The van der Waals surface area contributed by atoms with Gasteiger partial charge < -0.3 is 5.32 Å². The molecule has 172 valence electrons. The Bertz CT molecular complexity index is 1200. The molecule has 4 rings (SSSR count). The van der Waals surface area contributed by atoms with E-state index in [1.165, 1.54) is 4.31 Å². The number of para-hydroxylation sites is 1. The molecule has 1 fully saturated rings. The van der Waals surface area contributed by atoms with E-state index in [1.807, 2.05) is 85.8 Å². The lowest BCUT2D eigenvalue weighted by atomic mass is 9.97. The lowest BCUT2D eigenvalue weighted by molar-refractivity contribution is -0.120. The first-order valence-electron chi connectivity index (χ1n) is 11.1. The van der Waals surface area contributed by atoms with Crippen LogP contribution in [0.3, 0.4) is 0 Å². The van der Waals surface area contributed by atoms with Crippen LogP contribution in [0, 0.1) is 12.8 Å². The van der Waals surface area contributed by atoms with Gasteiger partial charge in [-0.3, -0.25) is 4.79 Å². The average molecular weight is 481 g/mol. The smallest absolute Gasteiger partial charge is 0.227 e. The van der Waals surface area contributed by atoms with Gasteiger partial charge in [-0.05, 0) is 49.6 Å². The molecule has 0 atom stereocenters. The summed E-state index contributed by atoms with van der Waals surface area (Å²) in [6.45, 7) is 2.69. The maximum atomic E-state index is 13.0. The molecular formula is C26H28N2O3S2. The zero-order valence-corrected chi connectivity index (χ0v) is 20.2. The highest BCUT2D eigenvalue weighted by Gasteiger charge is 2.31. The van der Waals surface area contributed by atoms with E-state index in [0.717, 1.165) is 26.6 Å². The zero-order chi connectivity index (χ0) is 23.3. The Kier molecular flexibility index (Phi) is 7.53. The van der Waals surface area contributed by atoms with Gasteiger partial charge in [0.05, 0.1) is 11.4 Å². The number of nitrogens with zero attached hydrogens (tertiary/aromatic N) is 1. The van der Waals surface area contributed by atoms with Crippen molar-refractivity contribution in [3.8, 4) is 0 Å². The number of carbonyl (C=O) groups is 1. The molecule has 1 amide bonds. The minimum absolute atomic E-state index is 0.00434.